The quantitative estimate of drug-likeness (QED) is 0.686. The van der Waals surface area contributed by atoms with E-state index in [1.165, 1.54) is 0 Å². The number of piperidine rings is 2. The monoisotopic (exact) mass is 310 g/mol. The summed E-state index contributed by atoms with van der Waals surface area (Å²) in [5, 5.41) is 0. The van der Waals surface area contributed by atoms with Crippen molar-refractivity contribution in [2.24, 2.45) is 5.92 Å². The van der Waals surface area contributed by atoms with Crippen molar-refractivity contribution in [1.29, 1.82) is 0 Å². The van der Waals surface area contributed by atoms with Crippen LogP contribution in [0.25, 0.3) is 0 Å². The largest absolute Gasteiger partial charge is 0.444 e. The first-order valence-electron chi connectivity index (χ1n) is 8.24. The predicted molar refractivity (Wildman–Crippen MR) is 80.2 cm³/mol. The summed E-state index contributed by atoms with van der Waals surface area (Å²) < 4.78 is 11.6. The second kappa shape index (κ2) is 5.41. The SMILES string of the molecule is CC(C)(C)OC(=O)N1CC[C@]23OCCCN2C(=O)CC[C@@H]3C1. The van der Waals surface area contributed by atoms with Gasteiger partial charge in [-0.15, -0.1) is 0 Å². The lowest BCUT2D eigenvalue weighted by atomic mass is 9.79. The molecule has 6 heteroatoms. The van der Waals surface area contributed by atoms with E-state index in [0.29, 0.717) is 32.5 Å². The lowest BCUT2D eigenvalue weighted by Gasteiger charge is -2.57. The molecular weight excluding hydrogens is 284 g/mol. The zero-order valence-corrected chi connectivity index (χ0v) is 13.8. The van der Waals surface area contributed by atoms with Crippen LogP contribution in [0.1, 0.15) is 46.5 Å². The number of amides is 2. The summed E-state index contributed by atoms with van der Waals surface area (Å²) in [6, 6.07) is 0. The second-order valence-corrected chi connectivity index (χ2v) is 7.50. The minimum Gasteiger partial charge on any atom is -0.444 e. The molecule has 3 aliphatic heterocycles. The molecule has 2 amide bonds. The molecule has 3 aliphatic rings. The predicted octanol–water partition coefficient (Wildman–Crippen LogP) is 1.98. The van der Waals surface area contributed by atoms with Crippen LogP contribution >= 0.6 is 0 Å². The van der Waals surface area contributed by atoms with Crippen molar-refractivity contribution < 1.29 is 19.1 Å². The van der Waals surface area contributed by atoms with E-state index in [1.807, 2.05) is 25.7 Å². The minimum absolute atomic E-state index is 0.187. The van der Waals surface area contributed by atoms with Gasteiger partial charge in [-0.05, 0) is 33.6 Å². The van der Waals surface area contributed by atoms with Gasteiger partial charge < -0.3 is 19.3 Å². The lowest BCUT2D eigenvalue weighted by Crippen LogP contribution is -2.69. The number of likely N-dealkylation sites (tertiary alicyclic amines) is 1. The molecular formula is C16H26N2O4. The molecule has 1 spiro atoms. The summed E-state index contributed by atoms with van der Waals surface area (Å²) >= 11 is 0. The fourth-order valence-corrected chi connectivity index (χ4v) is 3.86. The lowest BCUT2D eigenvalue weighted by molar-refractivity contribution is -0.244. The minimum atomic E-state index is -0.484. The first-order chi connectivity index (χ1) is 10.3. The second-order valence-electron chi connectivity index (χ2n) is 7.50. The van der Waals surface area contributed by atoms with Gasteiger partial charge in [0, 0.05) is 38.4 Å². The number of hydrogen-bond donors (Lipinski definition) is 0. The highest BCUT2D eigenvalue weighted by Gasteiger charge is 2.54. The Bertz CT molecular complexity index is 473. The molecule has 0 aliphatic carbocycles. The van der Waals surface area contributed by atoms with Crippen LogP contribution in [0.15, 0.2) is 0 Å². The Balaban J connectivity index is 1.73. The molecule has 0 aromatic rings. The Morgan fingerprint density at radius 2 is 2.14 bits per heavy atom. The zero-order valence-electron chi connectivity index (χ0n) is 13.8. The average molecular weight is 310 g/mol. The van der Waals surface area contributed by atoms with Gasteiger partial charge in [-0.25, -0.2) is 4.79 Å². The summed E-state index contributed by atoms with van der Waals surface area (Å²) in [7, 11) is 0. The van der Waals surface area contributed by atoms with E-state index in [9.17, 15) is 9.59 Å². The summed E-state index contributed by atoms with van der Waals surface area (Å²) in [4.78, 5) is 28.2. The maximum atomic E-state index is 12.3. The van der Waals surface area contributed by atoms with E-state index in [-0.39, 0.29) is 17.9 Å². The van der Waals surface area contributed by atoms with E-state index in [4.69, 9.17) is 9.47 Å². The molecule has 3 saturated heterocycles. The van der Waals surface area contributed by atoms with Gasteiger partial charge >= 0.3 is 6.09 Å². The summed E-state index contributed by atoms with van der Waals surface area (Å²) in [5.74, 6) is 0.383. The normalized spacial score (nSPS) is 32.3. The van der Waals surface area contributed by atoms with Crippen LogP contribution in [0.5, 0.6) is 0 Å². The van der Waals surface area contributed by atoms with E-state index in [1.54, 1.807) is 4.90 Å². The van der Waals surface area contributed by atoms with Crippen LogP contribution in [0, 0.1) is 5.92 Å². The molecule has 22 heavy (non-hydrogen) atoms. The van der Waals surface area contributed by atoms with Gasteiger partial charge in [-0.2, -0.15) is 0 Å². The fraction of sp³-hybridized carbons (Fsp3) is 0.875. The van der Waals surface area contributed by atoms with Gasteiger partial charge in [-0.3, -0.25) is 4.79 Å². The Hall–Kier alpha value is -1.30. The fourth-order valence-electron chi connectivity index (χ4n) is 3.86. The van der Waals surface area contributed by atoms with Crippen molar-refractivity contribution in [2.75, 3.05) is 26.2 Å². The van der Waals surface area contributed by atoms with Crippen LogP contribution in [0.4, 0.5) is 4.79 Å². The molecule has 0 saturated carbocycles. The molecule has 0 N–H and O–H groups in total. The average Bonchev–Trinajstić information content (AvgIpc) is 2.44. The third-order valence-electron chi connectivity index (χ3n) is 4.81. The van der Waals surface area contributed by atoms with Crippen molar-refractivity contribution in [1.82, 2.24) is 9.80 Å². The van der Waals surface area contributed by atoms with Gasteiger partial charge in [-0.1, -0.05) is 0 Å². The molecule has 0 aromatic carbocycles. The highest BCUT2D eigenvalue weighted by atomic mass is 16.6. The molecule has 124 valence electrons. The maximum Gasteiger partial charge on any atom is 0.410 e. The number of rotatable bonds is 0. The number of nitrogens with zero attached hydrogens (tertiary/aromatic N) is 2. The van der Waals surface area contributed by atoms with Crippen LogP contribution in [0.2, 0.25) is 0 Å². The third-order valence-corrected chi connectivity index (χ3v) is 4.81. The van der Waals surface area contributed by atoms with Crippen LogP contribution in [0.3, 0.4) is 0 Å². The summed E-state index contributed by atoms with van der Waals surface area (Å²) in [5.41, 5.74) is -0.964. The van der Waals surface area contributed by atoms with Gasteiger partial charge in [0.1, 0.15) is 11.3 Å². The zero-order chi connectivity index (χ0) is 16.0. The first kappa shape index (κ1) is 15.6. The Morgan fingerprint density at radius 1 is 1.36 bits per heavy atom. The van der Waals surface area contributed by atoms with Gasteiger partial charge in [0.05, 0.1) is 6.61 Å². The van der Waals surface area contributed by atoms with Crippen molar-refractivity contribution in [3.8, 4) is 0 Å². The van der Waals surface area contributed by atoms with E-state index in [0.717, 1.165) is 19.4 Å². The van der Waals surface area contributed by atoms with Crippen molar-refractivity contribution in [3.05, 3.63) is 0 Å². The Morgan fingerprint density at radius 3 is 2.86 bits per heavy atom. The first-order valence-corrected chi connectivity index (χ1v) is 8.24. The van der Waals surface area contributed by atoms with Gasteiger partial charge in [0.2, 0.25) is 5.91 Å². The van der Waals surface area contributed by atoms with Gasteiger partial charge in [0.15, 0.2) is 0 Å². The van der Waals surface area contributed by atoms with E-state index < -0.39 is 11.3 Å². The molecule has 6 nitrogen and oxygen atoms in total. The maximum absolute atomic E-state index is 12.3. The molecule has 0 unspecified atom stereocenters. The van der Waals surface area contributed by atoms with Crippen LogP contribution < -0.4 is 0 Å². The molecule has 0 radical (unpaired) electrons. The molecule has 0 aromatic heterocycles. The molecule has 2 atom stereocenters. The molecule has 3 fully saturated rings. The third kappa shape index (κ3) is 2.69. The van der Waals surface area contributed by atoms with Gasteiger partial charge in [0.25, 0.3) is 0 Å². The van der Waals surface area contributed by atoms with Crippen LogP contribution in [-0.4, -0.2) is 59.4 Å². The highest BCUT2D eigenvalue weighted by Crippen LogP contribution is 2.43. The molecule has 0 bridgehead atoms. The summed E-state index contributed by atoms with van der Waals surface area (Å²) in [6.45, 7) is 8.30. The number of ether oxygens (including phenoxy) is 2. The summed E-state index contributed by atoms with van der Waals surface area (Å²) in [6.07, 6.45) is 2.66. The Kier molecular flexibility index (Phi) is 3.83. The van der Waals surface area contributed by atoms with Crippen molar-refractivity contribution in [3.63, 3.8) is 0 Å². The van der Waals surface area contributed by atoms with Crippen LogP contribution in [-0.2, 0) is 14.3 Å². The van der Waals surface area contributed by atoms with E-state index >= 15 is 0 Å². The molecule has 3 rings (SSSR count). The number of hydrogen-bond acceptors (Lipinski definition) is 4. The van der Waals surface area contributed by atoms with E-state index in [2.05, 4.69) is 0 Å². The molecule has 3 heterocycles. The van der Waals surface area contributed by atoms with Crippen molar-refractivity contribution >= 4 is 12.0 Å². The Labute approximate surface area is 131 Å². The highest BCUT2D eigenvalue weighted by molar-refractivity contribution is 5.78. The smallest absolute Gasteiger partial charge is 0.410 e. The standard InChI is InChI=1S/C16H26N2O4/c1-15(2,3)22-14(20)17-9-7-16-12(11-17)5-6-13(19)18(16)8-4-10-21-16/h12H,4-11H2,1-3H3/t12-,16-/m1/s1. The van der Waals surface area contributed by atoms with Crippen molar-refractivity contribution in [2.45, 2.75) is 57.8 Å². The number of carbonyl (C=O) groups excluding carboxylic acids is 2. The number of carbonyl (C=O) groups is 2. The topological polar surface area (TPSA) is 59.1 Å².